The largest absolute Gasteiger partial charge is 0.416 e. The normalized spacial score (nSPS) is 18.8. The molecule has 0 atom stereocenters. The summed E-state index contributed by atoms with van der Waals surface area (Å²) < 4.78 is 40.6. The molecule has 1 aliphatic carbocycles. The number of rotatable bonds is 4. The van der Waals surface area contributed by atoms with Crippen molar-refractivity contribution in [2.45, 2.75) is 51.7 Å². The number of carbonyl (C=O) groups excluding carboxylic acids is 1. The molecular weight excluding hydrogens is 451 g/mol. The van der Waals surface area contributed by atoms with E-state index in [0.717, 1.165) is 43.4 Å². The lowest BCUT2D eigenvalue weighted by molar-refractivity contribution is -0.137. The molecule has 4 nitrogen and oxygen atoms in total. The lowest BCUT2D eigenvalue weighted by atomic mass is 9.87. The Hall–Kier alpha value is -2.80. The zero-order valence-corrected chi connectivity index (χ0v) is 19.2. The maximum Gasteiger partial charge on any atom is 0.416 e. The molecule has 0 unspecified atom stereocenters. The number of halogens is 4. The minimum atomic E-state index is -4.43. The molecule has 0 aliphatic heterocycles. The van der Waals surface area contributed by atoms with Crippen molar-refractivity contribution in [2.24, 2.45) is 5.92 Å². The van der Waals surface area contributed by atoms with Crippen LogP contribution >= 0.6 is 11.6 Å². The van der Waals surface area contributed by atoms with Gasteiger partial charge in [-0.25, -0.2) is 4.68 Å². The van der Waals surface area contributed by atoms with Gasteiger partial charge in [0.15, 0.2) is 5.69 Å². The first kappa shape index (κ1) is 23.4. The van der Waals surface area contributed by atoms with E-state index >= 15 is 0 Å². The van der Waals surface area contributed by atoms with Crippen LogP contribution in [0.4, 0.5) is 13.2 Å². The van der Waals surface area contributed by atoms with Crippen molar-refractivity contribution < 1.29 is 18.0 Å². The van der Waals surface area contributed by atoms with Crippen LogP contribution in [0.15, 0.2) is 48.5 Å². The average molecular weight is 476 g/mol. The van der Waals surface area contributed by atoms with Gasteiger partial charge in [0.1, 0.15) is 0 Å². The number of hydrogen-bond donors (Lipinski definition) is 1. The summed E-state index contributed by atoms with van der Waals surface area (Å²) in [4.78, 5) is 13.1. The molecule has 1 aliphatic rings. The molecule has 2 aromatic carbocycles. The van der Waals surface area contributed by atoms with E-state index in [0.29, 0.717) is 27.9 Å². The van der Waals surface area contributed by atoms with Gasteiger partial charge in [-0.1, -0.05) is 30.7 Å². The predicted octanol–water partition coefficient (Wildman–Crippen LogP) is 6.83. The smallest absolute Gasteiger partial charge is 0.348 e. The van der Waals surface area contributed by atoms with E-state index in [2.05, 4.69) is 17.3 Å². The van der Waals surface area contributed by atoms with Crippen molar-refractivity contribution in [1.82, 2.24) is 15.1 Å². The molecular formula is C25H25ClF3N3O. The van der Waals surface area contributed by atoms with E-state index in [-0.39, 0.29) is 17.6 Å². The van der Waals surface area contributed by atoms with Crippen molar-refractivity contribution in [3.05, 3.63) is 70.4 Å². The van der Waals surface area contributed by atoms with Gasteiger partial charge in [-0.15, -0.1) is 0 Å². The van der Waals surface area contributed by atoms with E-state index in [9.17, 15) is 18.0 Å². The number of aromatic nitrogens is 2. The van der Waals surface area contributed by atoms with Gasteiger partial charge in [-0.3, -0.25) is 4.79 Å². The maximum absolute atomic E-state index is 13.1. The molecule has 3 aromatic rings. The number of nitrogens with one attached hydrogen (secondary N) is 1. The van der Waals surface area contributed by atoms with Crippen LogP contribution in [0.5, 0.6) is 0 Å². The second-order valence-corrected chi connectivity index (χ2v) is 9.15. The van der Waals surface area contributed by atoms with Crippen molar-refractivity contribution in [3.8, 4) is 16.9 Å². The summed E-state index contributed by atoms with van der Waals surface area (Å²) in [5.41, 5.74) is 2.00. The van der Waals surface area contributed by atoms with Gasteiger partial charge in [-0.2, -0.15) is 18.3 Å². The third-order valence-corrected chi connectivity index (χ3v) is 6.50. The monoisotopic (exact) mass is 475 g/mol. The highest BCUT2D eigenvalue weighted by molar-refractivity contribution is 6.30. The van der Waals surface area contributed by atoms with Gasteiger partial charge in [0.25, 0.3) is 5.91 Å². The van der Waals surface area contributed by atoms with E-state index in [1.165, 1.54) is 16.8 Å². The third-order valence-electron chi connectivity index (χ3n) is 6.25. The molecule has 0 bridgehead atoms. The Morgan fingerprint density at radius 3 is 2.21 bits per heavy atom. The second kappa shape index (κ2) is 9.21. The molecule has 1 saturated carbocycles. The summed E-state index contributed by atoms with van der Waals surface area (Å²) in [6, 6.07) is 11.9. The molecule has 1 aromatic heterocycles. The van der Waals surface area contributed by atoms with Crippen molar-refractivity contribution in [3.63, 3.8) is 0 Å². The molecule has 0 radical (unpaired) electrons. The van der Waals surface area contributed by atoms with E-state index in [1.807, 2.05) is 0 Å². The molecule has 0 spiro atoms. The Balaban J connectivity index is 1.73. The summed E-state index contributed by atoms with van der Waals surface area (Å²) in [7, 11) is 0. The van der Waals surface area contributed by atoms with Crippen LogP contribution < -0.4 is 5.32 Å². The fourth-order valence-electron chi connectivity index (χ4n) is 4.29. The van der Waals surface area contributed by atoms with E-state index < -0.39 is 11.7 Å². The number of benzene rings is 2. The molecule has 33 heavy (non-hydrogen) atoms. The summed E-state index contributed by atoms with van der Waals surface area (Å²) in [5, 5.41) is 8.19. The minimum Gasteiger partial charge on any atom is -0.348 e. The van der Waals surface area contributed by atoms with Gasteiger partial charge in [0.2, 0.25) is 0 Å². The Morgan fingerprint density at radius 1 is 1.03 bits per heavy atom. The van der Waals surface area contributed by atoms with Crippen LogP contribution in [0.2, 0.25) is 5.02 Å². The summed E-state index contributed by atoms with van der Waals surface area (Å²) in [6.07, 6.45) is -0.439. The summed E-state index contributed by atoms with van der Waals surface area (Å²) >= 11 is 6.04. The van der Waals surface area contributed by atoms with Crippen LogP contribution in [0.3, 0.4) is 0 Å². The Bertz CT molecular complexity index is 1130. The Labute approximate surface area is 195 Å². The minimum absolute atomic E-state index is 0.100. The van der Waals surface area contributed by atoms with Crippen LogP contribution in [0.25, 0.3) is 16.9 Å². The molecule has 1 fully saturated rings. The number of alkyl halides is 3. The second-order valence-electron chi connectivity index (χ2n) is 8.72. The fraction of sp³-hybridized carbons (Fsp3) is 0.360. The SMILES string of the molecule is Cc1c(C(=O)NC2CCC(C)CC2)nn(-c2ccc(C(F)(F)F)cc2)c1-c1ccc(Cl)cc1. The Kier molecular flexibility index (Phi) is 6.52. The highest BCUT2D eigenvalue weighted by Crippen LogP contribution is 2.33. The maximum atomic E-state index is 13.1. The van der Waals surface area contributed by atoms with Crippen LogP contribution in [-0.4, -0.2) is 21.7 Å². The lowest BCUT2D eigenvalue weighted by Gasteiger charge is -2.26. The van der Waals surface area contributed by atoms with Gasteiger partial charge >= 0.3 is 6.18 Å². The first-order valence-electron chi connectivity index (χ1n) is 11.0. The lowest BCUT2D eigenvalue weighted by Crippen LogP contribution is -2.37. The molecule has 8 heteroatoms. The van der Waals surface area contributed by atoms with Gasteiger partial charge < -0.3 is 5.32 Å². The van der Waals surface area contributed by atoms with Crippen molar-refractivity contribution in [2.75, 3.05) is 0 Å². The fourth-order valence-corrected chi connectivity index (χ4v) is 4.42. The van der Waals surface area contributed by atoms with Gasteiger partial charge in [0.05, 0.1) is 16.9 Å². The molecule has 174 valence electrons. The number of hydrogen-bond acceptors (Lipinski definition) is 2. The van der Waals surface area contributed by atoms with E-state index in [4.69, 9.17) is 11.6 Å². The summed E-state index contributed by atoms with van der Waals surface area (Å²) in [5.74, 6) is 0.392. The standard InChI is InChI=1S/C25H25ClF3N3O/c1-15-3-11-20(12-4-15)30-24(33)22-16(2)23(17-5-9-19(26)10-6-17)32(31-22)21-13-7-18(8-14-21)25(27,28)29/h5-10,13-15,20H,3-4,11-12H2,1-2H3,(H,30,33). The van der Waals surface area contributed by atoms with Crippen LogP contribution in [0.1, 0.15) is 54.2 Å². The number of nitrogens with zero attached hydrogens (tertiary/aromatic N) is 2. The molecule has 0 saturated heterocycles. The van der Waals surface area contributed by atoms with Crippen LogP contribution in [0, 0.1) is 12.8 Å². The zero-order chi connectivity index (χ0) is 23.8. The van der Waals surface area contributed by atoms with Gasteiger partial charge in [-0.05, 0) is 74.9 Å². The zero-order valence-electron chi connectivity index (χ0n) is 18.4. The molecule has 1 amide bonds. The number of amides is 1. The summed E-state index contributed by atoms with van der Waals surface area (Å²) in [6.45, 7) is 4.02. The van der Waals surface area contributed by atoms with Gasteiger partial charge in [0, 0.05) is 22.2 Å². The third kappa shape index (κ3) is 5.08. The first-order valence-corrected chi connectivity index (χ1v) is 11.4. The molecule has 4 rings (SSSR count). The number of carbonyl (C=O) groups is 1. The Morgan fingerprint density at radius 2 is 1.64 bits per heavy atom. The highest BCUT2D eigenvalue weighted by atomic mass is 35.5. The van der Waals surface area contributed by atoms with Crippen molar-refractivity contribution >= 4 is 17.5 Å². The highest BCUT2D eigenvalue weighted by Gasteiger charge is 2.30. The van der Waals surface area contributed by atoms with Crippen LogP contribution in [-0.2, 0) is 6.18 Å². The predicted molar refractivity (Wildman–Crippen MR) is 123 cm³/mol. The topological polar surface area (TPSA) is 46.9 Å². The van der Waals surface area contributed by atoms with Crippen molar-refractivity contribution in [1.29, 1.82) is 0 Å². The molecule has 1 heterocycles. The first-order chi connectivity index (χ1) is 15.6. The van der Waals surface area contributed by atoms with E-state index in [1.54, 1.807) is 31.2 Å². The average Bonchev–Trinajstić information content (AvgIpc) is 3.12. The molecule has 1 N–H and O–H groups in total. The quantitative estimate of drug-likeness (QED) is 0.449.